The van der Waals surface area contributed by atoms with Crippen molar-refractivity contribution in [3.63, 3.8) is 0 Å². The standard InChI is InChI=1S/C21H19FN2O5/c1-13-21(24(26)27)20(29-23-13)12-16(14-5-9-18(28-2)10-6-14)11-19(25)15-3-7-17(22)8-4-15/h3-10,16H,11-12H2,1-2H3/t16-/m0/s1. The van der Waals surface area contributed by atoms with Gasteiger partial charge >= 0.3 is 5.69 Å². The number of carbonyl (C=O) groups is 1. The number of hydrogen-bond donors (Lipinski definition) is 0. The highest BCUT2D eigenvalue weighted by molar-refractivity contribution is 5.96. The van der Waals surface area contributed by atoms with Crippen molar-refractivity contribution in [2.75, 3.05) is 7.11 Å². The molecular weight excluding hydrogens is 379 g/mol. The van der Waals surface area contributed by atoms with Crippen LogP contribution in [0, 0.1) is 22.9 Å². The van der Waals surface area contributed by atoms with Gasteiger partial charge in [-0.1, -0.05) is 17.3 Å². The normalized spacial score (nSPS) is 11.8. The van der Waals surface area contributed by atoms with Crippen LogP contribution in [-0.2, 0) is 6.42 Å². The van der Waals surface area contributed by atoms with E-state index in [1.165, 1.54) is 31.2 Å². The molecular formula is C21H19FN2O5. The van der Waals surface area contributed by atoms with Gasteiger partial charge in [-0.05, 0) is 54.8 Å². The summed E-state index contributed by atoms with van der Waals surface area (Å²) >= 11 is 0. The molecule has 0 amide bonds. The summed E-state index contributed by atoms with van der Waals surface area (Å²) in [5.74, 6) is -0.269. The largest absolute Gasteiger partial charge is 0.497 e. The van der Waals surface area contributed by atoms with Crippen LogP contribution in [0.1, 0.15) is 39.7 Å². The van der Waals surface area contributed by atoms with Crippen LogP contribution in [-0.4, -0.2) is 23.0 Å². The first-order chi connectivity index (χ1) is 13.9. The molecule has 3 aromatic rings. The van der Waals surface area contributed by atoms with Gasteiger partial charge in [0.05, 0.1) is 12.0 Å². The van der Waals surface area contributed by atoms with Gasteiger partial charge < -0.3 is 9.26 Å². The van der Waals surface area contributed by atoms with Gasteiger partial charge in [0.2, 0.25) is 5.76 Å². The van der Waals surface area contributed by atoms with Crippen LogP contribution in [0.15, 0.2) is 53.1 Å². The summed E-state index contributed by atoms with van der Waals surface area (Å²) in [4.78, 5) is 23.6. The predicted octanol–water partition coefficient (Wildman–Crippen LogP) is 4.64. The SMILES string of the molecule is COc1ccc([C@@H](CC(=O)c2ccc(F)cc2)Cc2onc(C)c2[N+](=O)[O-])cc1. The van der Waals surface area contributed by atoms with Crippen molar-refractivity contribution in [3.05, 3.63) is 87.0 Å². The Hall–Kier alpha value is -3.55. The maximum atomic E-state index is 13.2. The van der Waals surface area contributed by atoms with Crippen LogP contribution in [0.2, 0.25) is 0 Å². The van der Waals surface area contributed by atoms with Crippen molar-refractivity contribution in [2.24, 2.45) is 0 Å². The Morgan fingerprint density at radius 3 is 2.45 bits per heavy atom. The summed E-state index contributed by atoms with van der Waals surface area (Å²) in [5.41, 5.74) is 1.17. The number of halogens is 1. The molecule has 0 fully saturated rings. The van der Waals surface area contributed by atoms with Crippen molar-refractivity contribution >= 4 is 11.5 Å². The number of aromatic nitrogens is 1. The van der Waals surface area contributed by atoms with Crippen LogP contribution in [0.5, 0.6) is 5.75 Å². The zero-order valence-electron chi connectivity index (χ0n) is 15.9. The number of benzene rings is 2. The molecule has 0 saturated heterocycles. The third-order valence-corrected chi connectivity index (χ3v) is 4.70. The maximum Gasteiger partial charge on any atom is 0.334 e. The van der Waals surface area contributed by atoms with E-state index in [2.05, 4.69) is 5.16 Å². The van der Waals surface area contributed by atoms with Gasteiger partial charge in [-0.3, -0.25) is 14.9 Å². The lowest BCUT2D eigenvalue weighted by Crippen LogP contribution is -2.11. The highest BCUT2D eigenvalue weighted by Gasteiger charge is 2.28. The van der Waals surface area contributed by atoms with Crippen LogP contribution in [0.25, 0.3) is 0 Å². The predicted molar refractivity (Wildman–Crippen MR) is 103 cm³/mol. The number of rotatable bonds is 8. The van der Waals surface area contributed by atoms with Crippen molar-refractivity contribution in [1.29, 1.82) is 0 Å². The third kappa shape index (κ3) is 4.66. The Labute approximate surface area is 166 Å². The number of methoxy groups -OCH3 is 1. The lowest BCUT2D eigenvalue weighted by Gasteiger charge is -2.16. The fraction of sp³-hybridized carbons (Fsp3) is 0.238. The van der Waals surface area contributed by atoms with E-state index in [1.807, 2.05) is 0 Å². The van der Waals surface area contributed by atoms with Crippen LogP contribution < -0.4 is 4.74 Å². The minimum Gasteiger partial charge on any atom is -0.497 e. The highest BCUT2D eigenvalue weighted by Crippen LogP contribution is 2.32. The van der Waals surface area contributed by atoms with Gasteiger partial charge in [-0.25, -0.2) is 4.39 Å². The fourth-order valence-corrected chi connectivity index (χ4v) is 3.16. The molecule has 1 aromatic heterocycles. The fourth-order valence-electron chi connectivity index (χ4n) is 3.16. The van der Waals surface area contributed by atoms with Crippen molar-refractivity contribution in [1.82, 2.24) is 5.16 Å². The molecule has 0 spiro atoms. The molecule has 29 heavy (non-hydrogen) atoms. The second-order valence-corrected chi connectivity index (χ2v) is 6.61. The van der Waals surface area contributed by atoms with Crippen LogP contribution in [0.4, 0.5) is 10.1 Å². The number of nitrogens with zero attached hydrogens (tertiary/aromatic N) is 2. The summed E-state index contributed by atoms with van der Waals surface area (Å²) < 4.78 is 23.5. The number of Topliss-reactive ketones (excluding diaryl/α,β-unsaturated/α-hetero) is 1. The monoisotopic (exact) mass is 398 g/mol. The average Bonchev–Trinajstić information content (AvgIpc) is 3.08. The Morgan fingerprint density at radius 2 is 1.86 bits per heavy atom. The smallest absolute Gasteiger partial charge is 0.334 e. The first-order valence-electron chi connectivity index (χ1n) is 8.91. The topological polar surface area (TPSA) is 95.5 Å². The molecule has 3 rings (SSSR count). The molecule has 2 aromatic carbocycles. The van der Waals surface area contributed by atoms with E-state index in [0.717, 1.165) is 5.56 Å². The average molecular weight is 398 g/mol. The summed E-state index contributed by atoms with van der Waals surface area (Å²) in [7, 11) is 1.55. The van der Waals surface area contributed by atoms with E-state index in [4.69, 9.17) is 9.26 Å². The van der Waals surface area contributed by atoms with Gasteiger partial charge in [-0.15, -0.1) is 0 Å². The lowest BCUT2D eigenvalue weighted by molar-refractivity contribution is -0.386. The molecule has 0 aliphatic rings. The molecule has 0 N–H and O–H groups in total. The summed E-state index contributed by atoms with van der Waals surface area (Å²) in [6.45, 7) is 1.50. The van der Waals surface area contributed by atoms with E-state index >= 15 is 0 Å². The van der Waals surface area contributed by atoms with E-state index in [-0.39, 0.29) is 35.8 Å². The van der Waals surface area contributed by atoms with Crippen LogP contribution >= 0.6 is 0 Å². The first kappa shape index (κ1) is 20.2. The molecule has 0 unspecified atom stereocenters. The molecule has 0 aliphatic carbocycles. The Kier molecular flexibility index (Phi) is 6.01. The quantitative estimate of drug-likeness (QED) is 0.312. The van der Waals surface area contributed by atoms with Crippen molar-refractivity contribution in [3.8, 4) is 5.75 Å². The zero-order chi connectivity index (χ0) is 21.0. The Morgan fingerprint density at radius 1 is 1.21 bits per heavy atom. The molecule has 0 radical (unpaired) electrons. The molecule has 1 atom stereocenters. The van der Waals surface area contributed by atoms with Crippen molar-refractivity contribution < 1.29 is 23.4 Å². The second-order valence-electron chi connectivity index (χ2n) is 6.61. The van der Waals surface area contributed by atoms with Gasteiger partial charge in [0.1, 0.15) is 11.6 Å². The number of hydrogen-bond acceptors (Lipinski definition) is 6. The van der Waals surface area contributed by atoms with Gasteiger partial charge in [-0.2, -0.15) is 0 Å². The molecule has 0 bridgehead atoms. The number of carbonyl (C=O) groups excluding carboxylic acids is 1. The number of aryl methyl sites for hydroxylation is 1. The summed E-state index contributed by atoms with van der Waals surface area (Å²) in [5, 5.41) is 15.1. The van der Waals surface area contributed by atoms with E-state index in [1.54, 1.807) is 31.4 Å². The van der Waals surface area contributed by atoms with E-state index in [0.29, 0.717) is 11.3 Å². The number of nitro groups is 1. The summed E-state index contributed by atoms with van der Waals surface area (Å²) in [6.07, 6.45) is 0.186. The van der Waals surface area contributed by atoms with Crippen LogP contribution in [0.3, 0.4) is 0 Å². The molecule has 8 heteroatoms. The van der Waals surface area contributed by atoms with E-state index < -0.39 is 16.7 Å². The number of ketones is 1. The molecule has 1 heterocycles. The first-order valence-corrected chi connectivity index (χ1v) is 8.91. The van der Waals surface area contributed by atoms with Gasteiger partial charge in [0.15, 0.2) is 11.5 Å². The lowest BCUT2D eigenvalue weighted by atomic mass is 9.88. The summed E-state index contributed by atoms with van der Waals surface area (Å²) in [6, 6.07) is 12.4. The molecule has 150 valence electrons. The van der Waals surface area contributed by atoms with E-state index in [9.17, 15) is 19.3 Å². The molecule has 0 aliphatic heterocycles. The van der Waals surface area contributed by atoms with Gasteiger partial charge in [0.25, 0.3) is 0 Å². The van der Waals surface area contributed by atoms with Gasteiger partial charge in [0, 0.05) is 18.4 Å². The number of ether oxygens (including phenoxy) is 1. The highest BCUT2D eigenvalue weighted by atomic mass is 19.1. The minimum absolute atomic E-state index is 0.0643. The molecule has 7 nitrogen and oxygen atoms in total. The zero-order valence-corrected chi connectivity index (χ0v) is 15.9. The molecule has 0 saturated carbocycles. The maximum absolute atomic E-state index is 13.2. The Balaban J connectivity index is 1.92. The Bertz CT molecular complexity index is 1010. The van der Waals surface area contributed by atoms with Crippen molar-refractivity contribution in [2.45, 2.75) is 25.7 Å². The minimum atomic E-state index is -0.534. The third-order valence-electron chi connectivity index (χ3n) is 4.70. The second kappa shape index (κ2) is 8.64.